The summed E-state index contributed by atoms with van der Waals surface area (Å²) in [6, 6.07) is 0.573. The summed E-state index contributed by atoms with van der Waals surface area (Å²) in [6.07, 6.45) is 6.83. The van der Waals surface area contributed by atoms with Crippen molar-refractivity contribution in [2.45, 2.75) is 59.4 Å². The van der Waals surface area contributed by atoms with Gasteiger partial charge in [0.2, 0.25) is 0 Å². The third-order valence-corrected chi connectivity index (χ3v) is 5.16. The molecule has 1 aliphatic carbocycles. The van der Waals surface area contributed by atoms with Crippen LogP contribution in [0.2, 0.25) is 0 Å². The molecule has 4 nitrogen and oxygen atoms in total. The molecule has 0 bridgehead atoms. The average Bonchev–Trinajstić information content (AvgIpc) is 2.82. The molecule has 1 saturated carbocycles. The molecule has 3 atom stereocenters. The van der Waals surface area contributed by atoms with Crippen molar-refractivity contribution in [1.29, 1.82) is 0 Å². The molecule has 4 heteroatoms. The van der Waals surface area contributed by atoms with E-state index in [4.69, 9.17) is 0 Å². The van der Waals surface area contributed by atoms with Crippen molar-refractivity contribution in [3.8, 4) is 0 Å². The van der Waals surface area contributed by atoms with Crippen LogP contribution >= 0.6 is 0 Å². The molecule has 0 spiro atoms. The summed E-state index contributed by atoms with van der Waals surface area (Å²) >= 11 is 0. The van der Waals surface area contributed by atoms with E-state index in [2.05, 4.69) is 43.1 Å². The first-order valence-electron chi connectivity index (χ1n) is 8.53. The minimum Gasteiger partial charge on any atom is -0.314 e. The largest absolute Gasteiger partial charge is 0.314 e. The molecule has 1 fully saturated rings. The van der Waals surface area contributed by atoms with Crippen LogP contribution in [0.15, 0.2) is 6.33 Å². The van der Waals surface area contributed by atoms with Crippen molar-refractivity contribution in [3.05, 3.63) is 12.2 Å². The standard InChI is InChI=1S/C17H32N4/c1-12(2)14-6-7-15(10-18-13(3)4)16(8-14)9-17-19-11-20-21(17)5/h11-16,18H,6-10H2,1-5H3. The molecule has 1 aromatic heterocycles. The lowest BCUT2D eigenvalue weighted by atomic mass is 9.69. The van der Waals surface area contributed by atoms with Crippen LogP contribution in [0.3, 0.4) is 0 Å². The molecule has 1 aliphatic rings. The fourth-order valence-electron chi connectivity index (χ4n) is 3.61. The van der Waals surface area contributed by atoms with Crippen molar-refractivity contribution in [2.75, 3.05) is 6.54 Å². The van der Waals surface area contributed by atoms with Crippen LogP contribution in [0.5, 0.6) is 0 Å². The van der Waals surface area contributed by atoms with Crippen LogP contribution in [0.25, 0.3) is 0 Å². The lowest BCUT2D eigenvalue weighted by Crippen LogP contribution is -2.38. The van der Waals surface area contributed by atoms with Gasteiger partial charge in [0.25, 0.3) is 0 Å². The first-order chi connectivity index (χ1) is 9.97. The summed E-state index contributed by atoms with van der Waals surface area (Å²) in [4.78, 5) is 4.44. The zero-order valence-electron chi connectivity index (χ0n) is 14.3. The third-order valence-electron chi connectivity index (χ3n) is 5.16. The summed E-state index contributed by atoms with van der Waals surface area (Å²) in [5.74, 6) is 4.32. The Morgan fingerprint density at radius 1 is 1.24 bits per heavy atom. The van der Waals surface area contributed by atoms with E-state index in [0.717, 1.165) is 42.5 Å². The zero-order valence-corrected chi connectivity index (χ0v) is 14.3. The van der Waals surface area contributed by atoms with Crippen LogP contribution in [0.4, 0.5) is 0 Å². The second-order valence-corrected chi connectivity index (χ2v) is 7.40. The number of hydrogen-bond donors (Lipinski definition) is 1. The van der Waals surface area contributed by atoms with Crippen LogP contribution in [0, 0.1) is 23.7 Å². The van der Waals surface area contributed by atoms with Gasteiger partial charge in [0.15, 0.2) is 0 Å². The second kappa shape index (κ2) is 7.39. The molecular weight excluding hydrogens is 260 g/mol. The average molecular weight is 292 g/mol. The Balaban J connectivity index is 2.03. The number of hydrogen-bond acceptors (Lipinski definition) is 3. The molecule has 0 radical (unpaired) electrons. The van der Waals surface area contributed by atoms with Gasteiger partial charge in [-0.15, -0.1) is 0 Å². The number of rotatable bonds is 6. The molecule has 120 valence electrons. The predicted octanol–water partition coefficient (Wildman–Crippen LogP) is 3.04. The Labute approximate surface area is 129 Å². The van der Waals surface area contributed by atoms with E-state index >= 15 is 0 Å². The highest BCUT2D eigenvalue weighted by Crippen LogP contribution is 2.38. The minimum absolute atomic E-state index is 0.573. The van der Waals surface area contributed by atoms with Crippen molar-refractivity contribution >= 4 is 0 Å². The van der Waals surface area contributed by atoms with Gasteiger partial charge in [-0.3, -0.25) is 4.68 Å². The second-order valence-electron chi connectivity index (χ2n) is 7.40. The van der Waals surface area contributed by atoms with Crippen molar-refractivity contribution in [3.63, 3.8) is 0 Å². The minimum atomic E-state index is 0.573. The van der Waals surface area contributed by atoms with E-state index in [-0.39, 0.29) is 0 Å². The fourth-order valence-corrected chi connectivity index (χ4v) is 3.61. The molecule has 0 saturated heterocycles. The lowest BCUT2D eigenvalue weighted by Gasteiger charge is -2.38. The van der Waals surface area contributed by atoms with E-state index in [0.29, 0.717) is 6.04 Å². The number of nitrogens with zero attached hydrogens (tertiary/aromatic N) is 3. The Kier molecular flexibility index (Phi) is 5.80. The highest BCUT2D eigenvalue weighted by atomic mass is 15.3. The van der Waals surface area contributed by atoms with Crippen molar-refractivity contribution in [2.24, 2.45) is 30.7 Å². The van der Waals surface area contributed by atoms with E-state index < -0.39 is 0 Å². The summed E-state index contributed by atoms with van der Waals surface area (Å²) < 4.78 is 1.94. The lowest BCUT2D eigenvalue weighted by molar-refractivity contribution is 0.140. The Morgan fingerprint density at radius 3 is 2.57 bits per heavy atom. The van der Waals surface area contributed by atoms with Crippen LogP contribution in [-0.2, 0) is 13.5 Å². The van der Waals surface area contributed by atoms with Gasteiger partial charge in [-0.05, 0) is 49.5 Å². The number of aryl methyl sites for hydroxylation is 1. The molecular formula is C17H32N4. The summed E-state index contributed by atoms with van der Waals surface area (Å²) in [6.45, 7) is 10.4. The number of aromatic nitrogens is 3. The van der Waals surface area contributed by atoms with Crippen LogP contribution < -0.4 is 5.32 Å². The number of nitrogens with one attached hydrogen (secondary N) is 1. The van der Waals surface area contributed by atoms with Gasteiger partial charge in [-0.25, -0.2) is 4.98 Å². The highest BCUT2D eigenvalue weighted by Gasteiger charge is 2.32. The Morgan fingerprint density at radius 2 is 2.00 bits per heavy atom. The van der Waals surface area contributed by atoms with Gasteiger partial charge in [-0.1, -0.05) is 27.7 Å². The monoisotopic (exact) mass is 292 g/mol. The van der Waals surface area contributed by atoms with E-state index in [9.17, 15) is 0 Å². The highest BCUT2D eigenvalue weighted by molar-refractivity contribution is 4.92. The normalized spacial score (nSPS) is 26.7. The first-order valence-corrected chi connectivity index (χ1v) is 8.53. The van der Waals surface area contributed by atoms with Gasteiger partial charge < -0.3 is 5.32 Å². The van der Waals surface area contributed by atoms with Crippen LogP contribution in [-0.4, -0.2) is 27.4 Å². The van der Waals surface area contributed by atoms with Gasteiger partial charge in [0.1, 0.15) is 12.2 Å². The molecule has 21 heavy (non-hydrogen) atoms. The molecule has 1 aromatic rings. The summed E-state index contributed by atoms with van der Waals surface area (Å²) in [5.41, 5.74) is 0. The van der Waals surface area contributed by atoms with Gasteiger partial charge in [0.05, 0.1) is 0 Å². The van der Waals surface area contributed by atoms with Crippen molar-refractivity contribution < 1.29 is 0 Å². The zero-order chi connectivity index (χ0) is 15.4. The Bertz CT molecular complexity index is 424. The van der Waals surface area contributed by atoms with Crippen LogP contribution in [0.1, 0.15) is 52.8 Å². The maximum absolute atomic E-state index is 4.44. The predicted molar refractivity (Wildman–Crippen MR) is 87.0 cm³/mol. The molecule has 2 rings (SSSR count). The molecule has 1 heterocycles. The smallest absolute Gasteiger partial charge is 0.138 e. The van der Waals surface area contributed by atoms with E-state index in [1.165, 1.54) is 19.3 Å². The molecule has 1 N–H and O–H groups in total. The van der Waals surface area contributed by atoms with Gasteiger partial charge in [-0.2, -0.15) is 5.10 Å². The summed E-state index contributed by atoms with van der Waals surface area (Å²) in [7, 11) is 2.01. The molecule has 3 unspecified atom stereocenters. The SMILES string of the molecule is CC(C)NCC1CCC(C(C)C)CC1Cc1ncnn1C. The quantitative estimate of drug-likeness (QED) is 0.876. The molecule has 0 amide bonds. The third kappa shape index (κ3) is 4.53. The molecule has 0 aromatic carbocycles. The Hall–Kier alpha value is -0.900. The summed E-state index contributed by atoms with van der Waals surface area (Å²) in [5, 5.41) is 7.87. The van der Waals surface area contributed by atoms with Gasteiger partial charge in [0, 0.05) is 19.5 Å². The van der Waals surface area contributed by atoms with E-state index in [1.807, 2.05) is 11.7 Å². The maximum atomic E-state index is 4.44. The van der Waals surface area contributed by atoms with Gasteiger partial charge >= 0.3 is 0 Å². The molecule has 0 aliphatic heterocycles. The topological polar surface area (TPSA) is 42.7 Å². The maximum Gasteiger partial charge on any atom is 0.138 e. The first kappa shape index (κ1) is 16.5. The fraction of sp³-hybridized carbons (Fsp3) is 0.882. The van der Waals surface area contributed by atoms with Crippen molar-refractivity contribution in [1.82, 2.24) is 20.1 Å². The van der Waals surface area contributed by atoms with E-state index in [1.54, 1.807) is 6.33 Å².